The van der Waals surface area contributed by atoms with E-state index < -0.39 is 0 Å². The molecule has 6 nitrogen and oxygen atoms in total. The first kappa shape index (κ1) is 13.6. The van der Waals surface area contributed by atoms with Crippen LogP contribution in [0.4, 0.5) is 0 Å². The molecule has 2 rings (SSSR count). The van der Waals surface area contributed by atoms with Gasteiger partial charge in [-0.2, -0.15) is 5.10 Å². The second kappa shape index (κ2) is 5.86. The van der Waals surface area contributed by atoms with Gasteiger partial charge in [0.05, 0.1) is 6.20 Å². The summed E-state index contributed by atoms with van der Waals surface area (Å²) in [6.07, 6.45) is 5.58. The SMILES string of the molecule is CN1CCC(C(=O)NCCc2cnn(C)c2)CC1=O. The average molecular weight is 264 g/mol. The molecule has 2 heterocycles. The summed E-state index contributed by atoms with van der Waals surface area (Å²) in [7, 11) is 3.64. The van der Waals surface area contributed by atoms with Crippen molar-refractivity contribution in [3.8, 4) is 0 Å². The van der Waals surface area contributed by atoms with E-state index in [0.717, 1.165) is 18.4 Å². The molecule has 1 atom stereocenters. The third-order valence-electron chi connectivity index (χ3n) is 3.50. The number of likely N-dealkylation sites (tertiary alicyclic amines) is 1. The minimum absolute atomic E-state index is 0.00894. The topological polar surface area (TPSA) is 67.2 Å². The smallest absolute Gasteiger partial charge is 0.223 e. The summed E-state index contributed by atoms with van der Waals surface area (Å²) >= 11 is 0. The highest BCUT2D eigenvalue weighted by atomic mass is 16.2. The second-order valence-corrected chi connectivity index (χ2v) is 5.07. The van der Waals surface area contributed by atoms with Crippen molar-refractivity contribution in [3.63, 3.8) is 0 Å². The molecular formula is C13H20N4O2. The molecule has 1 saturated heterocycles. The van der Waals surface area contributed by atoms with Crippen LogP contribution in [0.1, 0.15) is 18.4 Å². The van der Waals surface area contributed by atoms with Gasteiger partial charge in [-0.15, -0.1) is 0 Å². The molecule has 1 aromatic rings. The van der Waals surface area contributed by atoms with E-state index in [0.29, 0.717) is 19.5 Å². The molecule has 1 aliphatic heterocycles. The predicted octanol–water partition coefficient (Wildman–Crippen LogP) is -0.0528. The van der Waals surface area contributed by atoms with Crippen molar-refractivity contribution in [2.24, 2.45) is 13.0 Å². The molecule has 0 bridgehead atoms. The summed E-state index contributed by atoms with van der Waals surface area (Å²) in [6, 6.07) is 0. The van der Waals surface area contributed by atoms with E-state index in [1.54, 1.807) is 22.8 Å². The zero-order valence-corrected chi connectivity index (χ0v) is 11.4. The molecule has 1 aromatic heterocycles. The maximum Gasteiger partial charge on any atom is 0.223 e. The van der Waals surface area contributed by atoms with Crippen molar-refractivity contribution in [2.45, 2.75) is 19.3 Å². The lowest BCUT2D eigenvalue weighted by atomic mass is 9.95. The van der Waals surface area contributed by atoms with Gasteiger partial charge in [-0.1, -0.05) is 0 Å². The first-order chi connectivity index (χ1) is 9.06. The van der Waals surface area contributed by atoms with E-state index in [-0.39, 0.29) is 17.7 Å². The number of nitrogens with one attached hydrogen (secondary N) is 1. The van der Waals surface area contributed by atoms with Crippen LogP contribution in [0, 0.1) is 5.92 Å². The Morgan fingerprint density at radius 1 is 1.53 bits per heavy atom. The van der Waals surface area contributed by atoms with Crippen molar-refractivity contribution in [1.82, 2.24) is 20.0 Å². The summed E-state index contributed by atoms with van der Waals surface area (Å²) < 4.78 is 1.74. The average Bonchev–Trinajstić information content (AvgIpc) is 2.78. The number of amides is 2. The lowest BCUT2D eigenvalue weighted by Crippen LogP contribution is -2.42. The van der Waals surface area contributed by atoms with Crippen LogP contribution in [0.5, 0.6) is 0 Å². The maximum atomic E-state index is 11.9. The molecule has 2 amide bonds. The van der Waals surface area contributed by atoms with Crippen molar-refractivity contribution in [1.29, 1.82) is 0 Å². The monoisotopic (exact) mass is 264 g/mol. The van der Waals surface area contributed by atoms with Crippen molar-refractivity contribution in [2.75, 3.05) is 20.1 Å². The molecule has 1 N–H and O–H groups in total. The third kappa shape index (κ3) is 3.56. The summed E-state index contributed by atoms with van der Waals surface area (Å²) in [5.41, 5.74) is 1.10. The Labute approximate surface area is 112 Å². The highest BCUT2D eigenvalue weighted by molar-refractivity contribution is 5.86. The van der Waals surface area contributed by atoms with Crippen molar-refractivity contribution >= 4 is 11.8 Å². The molecule has 1 fully saturated rings. The first-order valence-corrected chi connectivity index (χ1v) is 6.55. The van der Waals surface area contributed by atoms with Crippen LogP contribution in [0.3, 0.4) is 0 Å². The van der Waals surface area contributed by atoms with Gasteiger partial charge in [0, 0.05) is 45.7 Å². The highest BCUT2D eigenvalue weighted by Crippen LogP contribution is 2.17. The van der Waals surface area contributed by atoms with Gasteiger partial charge in [-0.05, 0) is 18.4 Å². The first-order valence-electron chi connectivity index (χ1n) is 6.55. The van der Waals surface area contributed by atoms with E-state index in [9.17, 15) is 9.59 Å². The fourth-order valence-electron chi connectivity index (χ4n) is 2.24. The largest absolute Gasteiger partial charge is 0.356 e. The zero-order valence-electron chi connectivity index (χ0n) is 11.4. The highest BCUT2D eigenvalue weighted by Gasteiger charge is 2.28. The van der Waals surface area contributed by atoms with E-state index >= 15 is 0 Å². The molecule has 1 unspecified atom stereocenters. The normalized spacial score (nSPS) is 19.6. The fourth-order valence-corrected chi connectivity index (χ4v) is 2.24. The molecule has 0 aromatic carbocycles. The van der Waals surface area contributed by atoms with Gasteiger partial charge >= 0.3 is 0 Å². The second-order valence-electron chi connectivity index (χ2n) is 5.07. The van der Waals surface area contributed by atoms with E-state index in [2.05, 4.69) is 10.4 Å². The van der Waals surface area contributed by atoms with Gasteiger partial charge in [0.15, 0.2) is 0 Å². The minimum Gasteiger partial charge on any atom is -0.356 e. The summed E-state index contributed by atoms with van der Waals surface area (Å²) in [5, 5.41) is 6.98. The number of nitrogens with zero attached hydrogens (tertiary/aromatic N) is 3. The van der Waals surface area contributed by atoms with Gasteiger partial charge in [0.2, 0.25) is 11.8 Å². The Morgan fingerprint density at radius 3 is 2.95 bits per heavy atom. The molecule has 6 heteroatoms. The molecule has 0 radical (unpaired) electrons. The van der Waals surface area contributed by atoms with Crippen LogP contribution in [-0.4, -0.2) is 46.6 Å². The number of hydrogen-bond donors (Lipinski definition) is 1. The molecule has 0 aliphatic carbocycles. The Bertz CT molecular complexity index is 469. The standard InChI is InChI=1S/C13H20N4O2/c1-16-6-4-11(7-12(16)18)13(19)14-5-3-10-8-15-17(2)9-10/h8-9,11H,3-7H2,1-2H3,(H,14,19). The molecule has 19 heavy (non-hydrogen) atoms. The number of hydrogen-bond acceptors (Lipinski definition) is 3. The van der Waals surface area contributed by atoms with Crippen molar-refractivity contribution < 1.29 is 9.59 Å². The molecular weight excluding hydrogens is 244 g/mol. The Morgan fingerprint density at radius 2 is 2.32 bits per heavy atom. The van der Waals surface area contributed by atoms with E-state index in [4.69, 9.17) is 0 Å². The van der Waals surface area contributed by atoms with Crippen LogP contribution in [-0.2, 0) is 23.1 Å². The number of piperidine rings is 1. The molecule has 0 spiro atoms. The molecule has 0 saturated carbocycles. The summed E-state index contributed by atoms with van der Waals surface area (Å²) in [4.78, 5) is 25.2. The Balaban J connectivity index is 1.74. The van der Waals surface area contributed by atoms with Crippen LogP contribution >= 0.6 is 0 Å². The molecule has 1 aliphatic rings. The van der Waals surface area contributed by atoms with Crippen LogP contribution < -0.4 is 5.32 Å². The van der Waals surface area contributed by atoms with Gasteiger partial charge in [0.25, 0.3) is 0 Å². The number of aryl methyl sites for hydroxylation is 1. The summed E-state index contributed by atoms with van der Waals surface area (Å²) in [6.45, 7) is 1.25. The quantitative estimate of drug-likeness (QED) is 0.829. The Hall–Kier alpha value is -1.85. The van der Waals surface area contributed by atoms with Gasteiger partial charge in [-0.3, -0.25) is 14.3 Å². The van der Waals surface area contributed by atoms with Crippen molar-refractivity contribution in [3.05, 3.63) is 18.0 Å². The lowest BCUT2D eigenvalue weighted by molar-refractivity contribution is -0.139. The van der Waals surface area contributed by atoms with Gasteiger partial charge < -0.3 is 10.2 Å². The van der Waals surface area contributed by atoms with E-state index in [1.807, 2.05) is 13.2 Å². The van der Waals surface area contributed by atoms with Crippen LogP contribution in [0.25, 0.3) is 0 Å². The van der Waals surface area contributed by atoms with Gasteiger partial charge in [-0.25, -0.2) is 0 Å². The Kier molecular flexibility index (Phi) is 4.19. The lowest BCUT2D eigenvalue weighted by Gasteiger charge is -2.27. The number of carbonyl (C=O) groups excluding carboxylic acids is 2. The number of rotatable bonds is 4. The third-order valence-corrected chi connectivity index (χ3v) is 3.50. The fraction of sp³-hybridized carbons (Fsp3) is 0.615. The zero-order chi connectivity index (χ0) is 13.8. The van der Waals surface area contributed by atoms with Gasteiger partial charge in [0.1, 0.15) is 0 Å². The van der Waals surface area contributed by atoms with Crippen LogP contribution in [0.2, 0.25) is 0 Å². The maximum absolute atomic E-state index is 11.9. The van der Waals surface area contributed by atoms with E-state index in [1.165, 1.54) is 0 Å². The summed E-state index contributed by atoms with van der Waals surface area (Å²) in [5.74, 6) is -0.124. The van der Waals surface area contributed by atoms with Crippen LogP contribution in [0.15, 0.2) is 12.4 Å². The predicted molar refractivity (Wildman–Crippen MR) is 70.3 cm³/mol. The molecule has 104 valence electrons. The minimum atomic E-state index is -0.169. The number of carbonyl (C=O) groups is 2. The number of aromatic nitrogens is 2.